The molecule has 0 aromatic carbocycles. The van der Waals surface area contributed by atoms with Crippen LogP contribution in [0.2, 0.25) is 0 Å². The van der Waals surface area contributed by atoms with E-state index in [1.54, 1.807) is 18.3 Å². The molecule has 2 N–H and O–H groups in total. The van der Waals surface area contributed by atoms with Crippen LogP contribution in [0.25, 0.3) is 0 Å². The van der Waals surface area contributed by atoms with Gasteiger partial charge in [-0.1, -0.05) is 0 Å². The van der Waals surface area contributed by atoms with E-state index in [0.29, 0.717) is 25.3 Å². The van der Waals surface area contributed by atoms with Gasteiger partial charge in [-0.15, -0.1) is 0 Å². The van der Waals surface area contributed by atoms with Gasteiger partial charge < -0.3 is 19.9 Å². The molecule has 0 bridgehead atoms. The van der Waals surface area contributed by atoms with Crippen molar-refractivity contribution in [2.24, 2.45) is 0 Å². The average Bonchev–Trinajstić information content (AvgIpc) is 3.11. The number of hydrogen-bond donors (Lipinski definition) is 2. The monoisotopic (exact) mass is 277 g/mol. The van der Waals surface area contributed by atoms with Gasteiger partial charge in [-0.3, -0.25) is 9.59 Å². The minimum atomic E-state index is -0.395. The first-order valence-electron chi connectivity index (χ1n) is 7.08. The van der Waals surface area contributed by atoms with E-state index in [-0.39, 0.29) is 17.9 Å². The molecule has 1 unspecified atom stereocenters. The van der Waals surface area contributed by atoms with Gasteiger partial charge in [-0.25, -0.2) is 0 Å². The van der Waals surface area contributed by atoms with E-state index in [9.17, 15) is 9.59 Å². The Morgan fingerprint density at radius 2 is 2.15 bits per heavy atom. The van der Waals surface area contributed by atoms with Crippen LogP contribution in [0.15, 0.2) is 18.3 Å². The molecule has 2 amide bonds. The molecule has 2 fully saturated rings. The van der Waals surface area contributed by atoms with E-state index in [4.69, 9.17) is 4.74 Å². The summed E-state index contributed by atoms with van der Waals surface area (Å²) < 4.78 is 5.32. The van der Waals surface area contributed by atoms with E-state index in [1.165, 1.54) is 0 Å². The lowest BCUT2D eigenvalue weighted by Crippen LogP contribution is -2.46. The molecule has 1 aromatic rings. The Labute approximate surface area is 117 Å². The Kier molecular flexibility index (Phi) is 3.73. The first-order chi connectivity index (χ1) is 9.75. The van der Waals surface area contributed by atoms with Gasteiger partial charge in [-0.2, -0.15) is 0 Å². The Morgan fingerprint density at radius 1 is 1.35 bits per heavy atom. The third kappa shape index (κ3) is 2.56. The number of rotatable bonds is 3. The molecular formula is C14H19N3O3. The van der Waals surface area contributed by atoms with E-state index < -0.39 is 6.04 Å². The van der Waals surface area contributed by atoms with Gasteiger partial charge >= 0.3 is 0 Å². The third-order valence-corrected chi connectivity index (χ3v) is 4.02. The summed E-state index contributed by atoms with van der Waals surface area (Å²) in [5, 5.41) is 2.81. The molecule has 2 aliphatic heterocycles. The van der Waals surface area contributed by atoms with Crippen molar-refractivity contribution < 1.29 is 14.3 Å². The van der Waals surface area contributed by atoms with Crippen molar-refractivity contribution in [2.45, 2.75) is 31.3 Å². The highest BCUT2D eigenvalue weighted by molar-refractivity contribution is 5.96. The van der Waals surface area contributed by atoms with Gasteiger partial charge in [0.2, 0.25) is 5.91 Å². The molecule has 2 saturated heterocycles. The van der Waals surface area contributed by atoms with Crippen molar-refractivity contribution in [3.05, 3.63) is 24.0 Å². The Bertz CT molecular complexity index is 480. The van der Waals surface area contributed by atoms with Crippen LogP contribution in [-0.2, 0) is 9.53 Å². The molecule has 6 nitrogen and oxygen atoms in total. The fourth-order valence-corrected chi connectivity index (χ4v) is 2.90. The number of amides is 2. The van der Waals surface area contributed by atoms with Gasteiger partial charge in [0.15, 0.2) is 0 Å². The summed E-state index contributed by atoms with van der Waals surface area (Å²) in [5.74, 6) is -0.181. The normalized spacial score (nSPS) is 24.1. The zero-order valence-corrected chi connectivity index (χ0v) is 11.3. The lowest BCUT2D eigenvalue weighted by atomic mass is 10.1. The summed E-state index contributed by atoms with van der Waals surface area (Å²) in [6.45, 7) is 2.15. The van der Waals surface area contributed by atoms with Crippen molar-refractivity contribution in [2.75, 3.05) is 19.8 Å². The van der Waals surface area contributed by atoms with E-state index in [0.717, 1.165) is 19.4 Å². The summed E-state index contributed by atoms with van der Waals surface area (Å²) in [4.78, 5) is 29.1. The van der Waals surface area contributed by atoms with Crippen LogP contribution in [0.4, 0.5) is 0 Å². The number of carbonyl (C=O) groups excluding carboxylic acids is 2. The second kappa shape index (κ2) is 5.66. The van der Waals surface area contributed by atoms with Crippen LogP contribution >= 0.6 is 0 Å². The van der Waals surface area contributed by atoms with Crippen molar-refractivity contribution in [1.82, 2.24) is 15.2 Å². The van der Waals surface area contributed by atoms with Crippen molar-refractivity contribution in [1.29, 1.82) is 0 Å². The van der Waals surface area contributed by atoms with Crippen LogP contribution in [0.1, 0.15) is 29.8 Å². The van der Waals surface area contributed by atoms with E-state index in [1.807, 2.05) is 4.90 Å². The minimum Gasteiger partial charge on any atom is -0.381 e. The zero-order chi connectivity index (χ0) is 13.9. The molecule has 0 spiro atoms. The third-order valence-electron chi connectivity index (χ3n) is 4.02. The lowest BCUT2D eigenvalue weighted by Gasteiger charge is -2.31. The van der Waals surface area contributed by atoms with Crippen LogP contribution in [0, 0.1) is 0 Å². The maximum Gasteiger partial charge on any atom is 0.268 e. The summed E-state index contributed by atoms with van der Waals surface area (Å²) in [6.07, 6.45) is 4.16. The van der Waals surface area contributed by atoms with Gasteiger partial charge in [0, 0.05) is 32.0 Å². The van der Waals surface area contributed by atoms with Gasteiger partial charge in [0.05, 0.1) is 0 Å². The number of aromatic nitrogens is 1. The number of likely N-dealkylation sites (tertiary alicyclic amines) is 1. The second-order valence-corrected chi connectivity index (χ2v) is 5.27. The number of ether oxygens (including phenoxy) is 1. The molecular weight excluding hydrogens is 258 g/mol. The van der Waals surface area contributed by atoms with Crippen molar-refractivity contribution in [3.63, 3.8) is 0 Å². The molecule has 3 rings (SSSR count). The topological polar surface area (TPSA) is 74.4 Å². The highest BCUT2D eigenvalue weighted by Crippen LogP contribution is 2.21. The number of aromatic amines is 1. The molecule has 6 heteroatoms. The maximum atomic E-state index is 12.4. The number of nitrogens with zero attached hydrogens (tertiary/aromatic N) is 1. The van der Waals surface area contributed by atoms with Gasteiger partial charge in [0.1, 0.15) is 11.7 Å². The number of hydrogen-bond acceptors (Lipinski definition) is 3. The van der Waals surface area contributed by atoms with Crippen LogP contribution in [0.5, 0.6) is 0 Å². The zero-order valence-electron chi connectivity index (χ0n) is 11.3. The summed E-state index contributed by atoms with van der Waals surface area (Å²) >= 11 is 0. The molecule has 1 aromatic heterocycles. The largest absolute Gasteiger partial charge is 0.381 e. The van der Waals surface area contributed by atoms with Crippen molar-refractivity contribution in [3.8, 4) is 0 Å². The van der Waals surface area contributed by atoms with Gasteiger partial charge in [0.25, 0.3) is 5.91 Å². The highest BCUT2D eigenvalue weighted by atomic mass is 16.5. The first kappa shape index (κ1) is 13.2. The van der Waals surface area contributed by atoms with Gasteiger partial charge in [-0.05, 0) is 31.4 Å². The predicted octanol–water partition coefficient (Wildman–Crippen LogP) is 0.524. The van der Waals surface area contributed by atoms with Crippen LogP contribution < -0.4 is 5.32 Å². The molecule has 0 aliphatic carbocycles. The standard InChI is InChI=1S/C14H19N3O3/c18-13(11-2-1-6-15-11)16-12-3-7-17(14(12)19)10-4-8-20-9-5-10/h1-2,6,10,12,15H,3-5,7-9H2,(H,16,18). The van der Waals surface area contributed by atoms with Crippen LogP contribution in [-0.4, -0.2) is 53.5 Å². The maximum absolute atomic E-state index is 12.4. The Balaban J connectivity index is 1.59. The molecule has 0 radical (unpaired) electrons. The first-order valence-corrected chi connectivity index (χ1v) is 7.08. The van der Waals surface area contributed by atoms with Crippen molar-refractivity contribution >= 4 is 11.8 Å². The predicted molar refractivity (Wildman–Crippen MR) is 72.2 cm³/mol. The second-order valence-electron chi connectivity index (χ2n) is 5.27. The fourth-order valence-electron chi connectivity index (χ4n) is 2.90. The molecule has 1 atom stereocenters. The molecule has 108 valence electrons. The lowest BCUT2D eigenvalue weighted by molar-refractivity contribution is -0.132. The average molecular weight is 277 g/mol. The summed E-state index contributed by atoms with van der Waals surface area (Å²) in [7, 11) is 0. The number of carbonyl (C=O) groups is 2. The van der Waals surface area contributed by atoms with E-state index in [2.05, 4.69) is 10.3 Å². The molecule has 2 aliphatic rings. The highest BCUT2D eigenvalue weighted by Gasteiger charge is 2.37. The summed E-state index contributed by atoms with van der Waals surface area (Å²) in [6, 6.07) is 3.34. The van der Waals surface area contributed by atoms with E-state index >= 15 is 0 Å². The summed E-state index contributed by atoms with van der Waals surface area (Å²) in [5.41, 5.74) is 0.488. The molecule has 3 heterocycles. The Morgan fingerprint density at radius 3 is 2.85 bits per heavy atom. The smallest absolute Gasteiger partial charge is 0.268 e. The quantitative estimate of drug-likeness (QED) is 0.846. The number of H-pyrrole nitrogens is 1. The number of nitrogens with one attached hydrogen (secondary N) is 2. The minimum absolute atomic E-state index is 0.0387. The SMILES string of the molecule is O=C(NC1CCN(C2CCOCC2)C1=O)c1ccc[nH]1. The molecule has 0 saturated carbocycles. The molecule has 20 heavy (non-hydrogen) atoms. The fraction of sp³-hybridized carbons (Fsp3) is 0.571. The van der Waals surface area contributed by atoms with Crippen LogP contribution in [0.3, 0.4) is 0 Å². The Hall–Kier alpha value is -1.82.